The van der Waals surface area contributed by atoms with Crippen LogP contribution in [0.25, 0.3) is 0 Å². The van der Waals surface area contributed by atoms with Crippen LogP contribution in [-0.2, 0) is 0 Å². The lowest BCUT2D eigenvalue weighted by Crippen LogP contribution is -1.99. The van der Waals surface area contributed by atoms with Crippen molar-refractivity contribution in [3.63, 3.8) is 0 Å². The van der Waals surface area contributed by atoms with Crippen LogP contribution in [-0.4, -0.2) is 5.78 Å². The normalized spacial score (nSPS) is 10.6. The highest BCUT2D eigenvalue weighted by Crippen LogP contribution is 2.09. The Balaban J connectivity index is 2.83. The number of allylic oxidation sites excluding steroid dienone is 2. The molecule has 13 heavy (non-hydrogen) atoms. The Hall–Kier alpha value is -1.37. The summed E-state index contributed by atoms with van der Waals surface area (Å²) >= 11 is 0. The molecule has 0 saturated heterocycles. The minimum atomic E-state index is 0.191. The second-order valence-corrected chi connectivity index (χ2v) is 3.01. The van der Waals surface area contributed by atoms with Crippen LogP contribution in [0.4, 0.5) is 0 Å². The lowest BCUT2D eigenvalue weighted by atomic mass is 10.0. The highest BCUT2D eigenvalue weighted by atomic mass is 16.1. The minimum absolute atomic E-state index is 0.191. The van der Waals surface area contributed by atoms with E-state index in [-0.39, 0.29) is 5.78 Å². The number of carbonyl (C=O) groups is 1. The molecule has 0 aliphatic carbocycles. The van der Waals surface area contributed by atoms with Gasteiger partial charge >= 0.3 is 0 Å². The van der Waals surface area contributed by atoms with Gasteiger partial charge in [0, 0.05) is 12.0 Å². The molecule has 0 N–H and O–H groups in total. The van der Waals surface area contributed by atoms with Crippen LogP contribution in [0.15, 0.2) is 36.4 Å². The quantitative estimate of drug-likeness (QED) is 0.508. The lowest BCUT2D eigenvalue weighted by Gasteiger charge is -2.01. The second kappa shape index (κ2) is 4.61. The van der Waals surface area contributed by atoms with Crippen LogP contribution < -0.4 is 0 Å². The van der Waals surface area contributed by atoms with Crippen molar-refractivity contribution in [2.75, 3.05) is 0 Å². The first-order valence-corrected chi connectivity index (χ1v) is 4.45. The van der Waals surface area contributed by atoms with Crippen molar-refractivity contribution < 1.29 is 4.79 Å². The topological polar surface area (TPSA) is 17.1 Å². The molecule has 1 aromatic carbocycles. The molecule has 0 aliphatic heterocycles. The molecule has 0 amide bonds. The van der Waals surface area contributed by atoms with Gasteiger partial charge in [-0.25, -0.2) is 0 Å². The first-order valence-electron chi connectivity index (χ1n) is 4.45. The van der Waals surface area contributed by atoms with E-state index in [2.05, 4.69) is 0 Å². The van der Waals surface area contributed by atoms with E-state index in [0.717, 1.165) is 11.1 Å². The van der Waals surface area contributed by atoms with Gasteiger partial charge in [0.25, 0.3) is 0 Å². The van der Waals surface area contributed by atoms with Crippen LogP contribution in [0.3, 0.4) is 0 Å². The number of aryl methyl sites for hydroxylation is 1. The maximum Gasteiger partial charge on any atom is 0.166 e. The van der Waals surface area contributed by atoms with Gasteiger partial charge in [0.05, 0.1) is 0 Å². The van der Waals surface area contributed by atoms with E-state index in [0.29, 0.717) is 6.42 Å². The Bertz CT molecular complexity index is 324. The summed E-state index contributed by atoms with van der Waals surface area (Å²) in [4.78, 5) is 11.6. The summed E-state index contributed by atoms with van der Waals surface area (Å²) in [5, 5.41) is 0. The predicted octanol–water partition coefficient (Wildman–Crippen LogP) is 3.14. The van der Waals surface area contributed by atoms with E-state index in [4.69, 9.17) is 0 Å². The van der Waals surface area contributed by atoms with Crippen molar-refractivity contribution in [1.29, 1.82) is 0 Å². The third kappa shape index (κ3) is 2.55. The maximum absolute atomic E-state index is 11.6. The van der Waals surface area contributed by atoms with E-state index >= 15 is 0 Å². The fourth-order valence-corrected chi connectivity index (χ4v) is 1.22. The van der Waals surface area contributed by atoms with Gasteiger partial charge in [0.15, 0.2) is 5.78 Å². The standard InChI is InChI=1S/C12H14O/c1-3-4-9-12(13)11-8-6-5-7-10(11)2/h3-8H,9H2,1-2H3. The van der Waals surface area contributed by atoms with Crippen molar-refractivity contribution in [1.82, 2.24) is 0 Å². The van der Waals surface area contributed by atoms with Gasteiger partial charge in [-0.15, -0.1) is 0 Å². The first-order chi connectivity index (χ1) is 6.25. The molecule has 0 bridgehead atoms. The minimum Gasteiger partial charge on any atom is -0.294 e. The van der Waals surface area contributed by atoms with Crippen molar-refractivity contribution in [3.05, 3.63) is 47.5 Å². The molecule has 0 heterocycles. The van der Waals surface area contributed by atoms with Crippen molar-refractivity contribution in [2.24, 2.45) is 0 Å². The van der Waals surface area contributed by atoms with Crippen molar-refractivity contribution in [2.45, 2.75) is 20.3 Å². The molecule has 1 rings (SSSR count). The Kier molecular flexibility index (Phi) is 3.44. The molecular formula is C12H14O. The lowest BCUT2D eigenvalue weighted by molar-refractivity contribution is 0.0995. The van der Waals surface area contributed by atoms with Crippen LogP contribution in [0.1, 0.15) is 29.3 Å². The smallest absolute Gasteiger partial charge is 0.166 e. The van der Waals surface area contributed by atoms with E-state index in [1.54, 1.807) is 0 Å². The zero-order valence-corrected chi connectivity index (χ0v) is 8.08. The van der Waals surface area contributed by atoms with Crippen LogP contribution >= 0.6 is 0 Å². The molecule has 0 radical (unpaired) electrons. The molecule has 0 aromatic heterocycles. The number of rotatable bonds is 3. The van der Waals surface area contributed by atoms with Gasteiger partial charge in [0.2, 0.25) is 0 Å². The SMILES string of the molecule is CC=CCC(=O)c1ccccc1C. The van der Waals surface area contributed by atoms with Gasteiger partial charge in [0.1, 0.15) is 0 Å². The molecule has 0 fully saturated rings. The predicted molar refractivity (Wildman–Crippen MR) is 54.9 cm³/mol. The zero-order valence-electron chi connectivity index (χ0n) is 8.08. The monoisotopic (exact) mass is 174 g/mol. The molecule has 0 atom stereocenters. The second-order valence-electron chi connectivity index (χ2n) is 3.01. The summed E-state index contributed by atoms with van der Waals surface area (Å²) in [5.74, 6) is 0.191. The summed E-state index contributed by atoms with van der Waals surface area (Å²) in [6.07, 6.45) is 4.28. The number of benzene rings is 1. The number of Topliss-reactive ketones (excluding diaryl/α,β-unsaturated/α-hetero) is 1. The van der Waals surface area contributed by atoms with Gasteiger partial charge in [-0.3, -0.25) is 4.79 Å². The van der Waals surface area contributed by atoms with Crippen LogP contribution in [0.2, 0.25) is 0 Å². The van der Waals surface area contributed by atoms with Gasteiger partial charge in [-0.05, 0) is 19.4 Å². The molecule has 0 unspecified atom stereocenters. The van der Waals surface area contributed by atoms with E-state index in [1.165, 1.54) is 0 Å². The van der Waals surface area contributed by atoms with Gasteiger partial charge in [-0.1, -0.05) is 36.4 Å². The number of ketones is 1. The third-order valence-corrected chi connectivity index (χ3v) is 1.98. The molecule has 1 aromatic rings. The van der Waals surface area contributed by atoms with Gasteiger partial charge < -0.3 is 0 Å². The fourth-order valence-electron chi connectivity index (χ4n) is 1.22. The summed E-state index contributed by atoms with van der Waals surface area (Å²) in [6, 6.07) is 7.68. The summed E-state index contributed by atoms with van der Waals surface area (Å²) in [5.41, 5.74) is 1.89. The molecule has 0 saturated carbocycles. The summed E-state index contributed by atoms with van der Waals surface area (Å²) in [6.45, 7) is 3.88. The Labute approximate surface area is 79.1 Å². The highest BCUT2D eigenvalue weighted by Gasteiger charge is 2.04. The Morgan fingerprint density at radius 2 is 2.08 bits per heavy atom. The average molecular weight is 174 g/mol. The van der Waals surface area contributed by atoms with Crippen LogP contribution in [0.5, 0.6) is 0 Å². The van der Waals surface area contributed by atoms with Gasteiger partial charge in [-0.2, -0.15) is 0 Å². The zero-order chi connectivity index (χ0) is 9.68. The molecular weight excluding hydrogens is 160 g/mol. The molecule has 1 heteroatoms. The summed E-state index contributed by atoms with van der Waals surface area (Å²) < 4.78 is 0. The highest BCUT2D eigenvalue weighted by molar-refractivity contribution is 5.98. The Morgan fingerprint density at radius 3 is 2.69 bits per heavy atom. The maximum atomic E-state index is 11.6. The molecule has 1 nitrogen and oxygen atoms in total. The number of hydrogen-bond donors (Lipinski definition) is 0. The molecule has 0 aliphatic rings. The fraction of sp³-hybridized carbons (Fsp3) is 0.250. The van der Waals surface area contributed by atoms with Crippen molar-refractivity contribution >= 4 is 5.78 Å². The van der Waals surface area contributed by atoms with E-state index < -0.39 is 0 Å². The molecule has 68 valence electrons. The number of carbonyl (C=O) groups excluding carboxylic acids is 1. The van der Waals surface area contributed by atoms with Crippen LogP contribution in [0, 0.1) is 6.92 Å². The Morgan fingerprint density at radius 1 is 1.38 bits per heavy atom. The van der Waals surface area contributed by atoms with E-state index in [9.17, 15) is 4.79 Å². The third-order valence-electron chi connectivity index (χ3n) is 1.98. The first kappa shape index (κ1) is 9.72. The summed E-state index contributed by atoms with van der Waals surface area (Å²) in [7, 11) is 0. The van der Waals surface area contributed by atoms with E-state index in [1.807, 2.05) is 50.3 Å². The number of hydrogen-bond acceptors (Lipinski definition) is 1. The average Bonchev–Trinajstić information content (AvgIpc) is 2.15. The molecule has 0 spiro atoms. The largest absolute Gasteiger partial charge is 0.294 e. The van der Waals surface area contributed by atoms with Crippen molar-refractivity contribution in [3.8, 4) is 0 Å².